The molecule has 0 aliphatic heterocycles. The molecule has 1 aromatic heterocycles. The molecule has 1 N–H and O–H groups in total. The van der Waals surface area contributed by atoms with Gasteiger partial charge in [0.15, 0.2) is 0 Å². The number of carboxylic acids is 1. The first-order valence-corrected chi connectivity index (χ1v) is 6.35. The van der Waals surface area contributed by atoms with Gasteiger partial charge in [-0.05, 0) is 18.2 Å². The van der Waals surface area contributed by atoms with Gasteiger partial charge in [0.25, 0.3) is 5.56 Å². The molecule has 0 aliphatic rings. The van der Waals surface area contributed by atoms with Crippen molar-refractivity contribution in [2.45, 2.75) is 6.18 Å². The molecule has 0 radical (unpaired) electrons. The molecular formula is C13H8ClF3N2O4. The Kier molecular flexibility index (Phi) is 4.08. The van der Waals surface area contributed by atoms with Crippen LogP contribution in [0.4, 0.5) is 13.2 Å². The van der Waals surface area contributed by atoms with Gasteiger partial charge in [0.05, 0.1) is 16.3 Å². The monoisotopic (exact) mass is 348 g/mol. The molecule has 0 saturated carbocycles. The second-order valence-electron chi connectivity index (χ2n) is 4.51. The summed E-state index contributed by atoms with van der Waals surface area (Å²) in [6.45, 7) is 0. The number of aromatic nitrogens is 2. The number of alkyl halides is 3. The van der Waals surface area contributed by atoms with Gasteiger partial charge in [-0.2, -0.15) is 13.2 Å². The zero-order chi connectivity index (χ0) is 17.5. The lowest BCUT2D eigenvalue weighted by atomic mass is 10.2. The van der Waals surface area contributed by atoms with Gasteiger partial charge in [0.2, 0.25) is 0 Å². The van der Waals surface area contributed by atoms with E-state index in [0.29, 0.717) is 4.57 Å². The molecule has 23 heavy (non-hydrogen) atoms. The maximum atomic E-state index is 12.8. The molecule has 2 rings (SSSR count). The first-order valence-electron chi connectivity index (χ1n) is 5.97. The van der Waals surface area contributed by atoms with Gasteiger partial charge in [-0.1, -0.05) is 11.6 Å². The molecule has 0 aliphatic carbocycles. The first kappa shape index (κ1) is 16.8. The Morgan fingerprint density at radius 2 is 1.83 bits per heavy atom. The van der Waals surface area contributed by atoms with E-state index in [4.69, 9.17) is 16.7 Å². The smallest absolute Gasteiger partial charge is 0.431 e. The van der Waals surface area contributed by atoms with Crippen molar-refractivity contribution in [2.24, 2.45) is 7.05 Å². The zero-order valence-corrected chi connectivity index (χ0v) is 12.1. The van der Waals surface area contributed by atoms with Crippen LogP contribution in [0.15, 0.2) is 33.9 Å². The average Bonchev–Trinajstić information content (AvgIpc) is 2.43. The normalized spacial score (nSPS) is 11.5. The third kappa shape index (κ3) is 3.00. The fourth-order valence-electron chi connectivity index (χ4n) is 1.95. The van der Waals surface area contributed by atoms with Gasteiger partial charge >= 0.3 is 17.8 Å². The molecule has 1 aromatic carbocycles. The van der Waals surface area contributed by atoms with E-state index < -0.39 is 34.7 Å². The standard InChI is InChI=1S/C13H8ClF3N2O4/c1-18-9(13(15,16)17)5-10(20)19(12(18)23)6-2-3-8(14)7(4-6)11(21)22/h2-5H,1H3,(H,21,22). The summed E-state index contributed by atoms with van der Waals surface area (Å²) in [5.74, 6) is -1.41. The van der Waals surface area contributed by atoms with Crippen LogP contribution in [-0.4, -0.2) is 20.2 Å². The first-order chi connectivity index (χ1) is 10.5. The number of carbonyl (C=O) groups is 1. The quantitative estimate of drug-likeness (QED) is 0.899. The summed E-state index contributed by atoms with van der Waals surface area (Å²) in [5, 5.41) is 8.84. The Bertz CT molecular complexity index is 915. The number of rotatable bonds is 2. The second kappa shape index (κ2) is 5.58. The molecule has 0 amide bonds. The number of carboxylic acid groups (broad SMARTS) is 1. The van der Waals surface area contributed by atoms with Crippen LogP contribution in [0.3, 0.4) is 0 Å². The van der Waals surface area contributed by atoms with Crippen LogP contribution in [0.25, 0.3) is 5.69 Å². The Hall–Kier alpha value is -2.55. The van der Waals surface area contributed by atoms with Gasteiger partial charge in [-0.3, -0.25) is 9.36 Å². The highest BCUT2D eigenvalue weighted by Gasteiger charge is 2.35. The van der Waals surface area contributed by atoms with Crippen LogP contribution in [0.1, 0.15) is 16.1 Å². The summed E-state index contributed by atoms with van der Waals surface area (Å²) in [4.78, 5) is 35.0. The van der Waals surface area contributed by atoms with Gasteiger partial charge in [0.1, 0.15) is 5.69 Å². The van der Waals surface area contributed by atoms with Crippen molar-refractivity contribution in [1.29, 1.82) is 0 Å². The minimum atomic E-state index is -4.88. The summed E-state index contributed by atoms with van der Waals surface area (Å²) in [6.07, 6.45) is -4.88. The van der Waals surface area contributed by atoms with E-state index >= 15 is 0 Å². The van der Waals surface area contributed by atoms with Crippen LogP contribution in [0, 0.1) is 0 Å². The Balaban J connectivity index is 2.79. The Labute approximate surface area is 131 Å². The Morgan fingerprint density at radius 3 is 2.35 bits per heavy atom. The molecule has 6 nitrogen and oxygen atoms in total. The lowest BCUT2D eigenvalue weighted by Crippen LogP contribution is -2.40. The van der Waals surface area contributed by atoms with Crippen LogP contribution in [-0.2, 0) is 13.2 Å². The van der Waals surface area contributed by atoms with E-state index in [2.05, 4.69) is 0 Å². The lowest BCUT2D eigenvalue weighted by Gasteiger charge is -2.14. The third-order valence-corrected chi connectivity index (χ3v) is 3.38. The molecule has 0 spiro atoms. The van der Waals surface area contributed by atoms with E-state index in [0.717, 1.165) is 25.2 Å². The molecule has 0 bridgehead atoms. The maximum absolute atomic E-state index is 12.8. The van der Waals surface area contributed by atoms with Crippen LogP contribution in [0.2, 0.25) is 5.02 Å². The summed E-state index contributed by atoms with van der Waals surface area (Å²) in [5.41, 5.74) is -4.50. The van der Waals surface area contributed by atoms with E-state index in [1.165, 1.54) is 0 Å². The molecule has 122 valence electrons. The fraction of sp³-hybridized carbons (Fsp3) is 0.154. The topological polar surface area (TPSA) is 81.3 Å². The van der Waals surface area contributed by atoms with E-state index in [1.807, 2.05) is 0 Å². The molecule has 0 fully saturated rings. The van der Waals surface area contributed by atoms with Gasteiger partial charge in [0, 0.05) is 13.1 Å². The lowest BCUT2D eigenvalue weighted by molar-refractivity contribution is -0.144. The predicted octanol–water partition coefficient (Wildman–Crippen LogP) is 1.91. The van der Waals surface area contributed by atoms with Crippen molar-refractivity contribution in [3.8, 4) is 5.69 Å². The summed E-state index contributed by atoms with van der Waals surface area (Å²) in [7, 11) is 0.856. The largest absolute Gasteiger partial charge is 0.478 e. The highest BCUT2D eigenvalue weighted by atomic mass is 35.5. The van der Waals surface area contributed by atoms with E-state index in [1.54, 1.807) is 0 Å². The number of hydrogen-bond donors (Lipinski definition) is 1. The minimum Gasteiger partial charge on any atom is -0.478 e. The summed E-state index contributed by atoms with van der Waals surface area (Å²) in [6, 6.07) is 3.48. The highest BCUT2D eigenvalue weighted by Crippen LogP contribution is 2.27. The SMILES string of the molecule is Cn1c(C(F)(F)F)cc(=O)n(-c2ccc(Cl)c(C(=O)O)c2)c1=O. The van der Waals surface area contributed by atoms with Crippen LogP contribution < -0.4 is 11.2 Å². The van der Waals surface area contributed by atoms with Crippen molar-refractivity contribution in [3.63, 3.8) is 0 Å². The van der Waals surface area contributed by atoms with E-state index in [-0.39, 0.29) is 21.3 Å². The molecule has 10 heteroatoms. The number of hydrogen-bond acceptors (Lipinski definition) is 3. The van der Waals surface area contributed by atoms with Crippen molar-refractivity contribution in [2.75, 3.05) is 0 Å². The number of halogens is 4. The minimum absolute atomic E-state index is 0.141. The fourth-order valence-corrected chi connectivity index (χ4v) is 2.15. The van der Waals surface area contributed by atoms with Crippen molar-refractivity contribution in [3.05, 3.63) is 61.4 Å². The van der Waals surface area contributed by atoms with Crippen LogP contribution >= 0.6 is 11.6 Å². The molecule has 0 unspecified atom stereocenters. The maximum Gasteiger partial charge on any atom is 0.431 e. The molecule has 0 atom stereocenters. The number of nitrogens with zero attached hydrogens (tertiary/aromatic N) is 2. The second-order valence-corrected chi connectivity index (χ2v) is 4.92. The molecule has 1 heterocycles. The zero-order valence-electron chi connectivity index (χ0n) is 11.4. The Morgan fingerprint density at radius 1 is 1.22 bits per heavy atom. The van der Waals surface area contributed by atoms with Gasteiger partial charge in [-0.25, -0.2) is 14.2 Å². The van der Waals surface area contributed by atoms with Crippen molar-refractivity contribution < 1.29 is 23.1 Å². The van der Waals surface area contributed by atoms with Crippen LogP contribution in [0.5, 0.6) is 0 Å². The number of benzene rings is 1. The van der Waals surface area contributed by atoms with Gasteiger partial charge in [-0.15, -0.1) is 0 Å². The average molecular weight is 349 g/mol. The van der Waals surface area contributed by atoms with Crippen molar-refractivity contribution in [1.82, 2.24) is 9.13 Å². The predicted molar refractivity (Wildman–Crippen MR) is 74.3 cm³/mol. The summed E-state index contributed by atoms with van der Waals surface area (Å²) < 4.78 is 39.0. The number of aromatic carboxylic acids is 1. The van der Waals surface area contributed by atoms with Gasteiger partial charge < -0.3 is 5.11 Å². The van der Waals surface area contributed by atoms with Crippen molar-refractivity contribution >= 4 is 17.6 Å². The molecule has 2 aromatic rings. The summed E-state index contributed by atoms with van der Waals surface area (Å²) >= 11 is 5.67. The third-order valence-electron chi connectivity index (χ3n) is 3.05. The molecule has 0 saturated heterocycles. The molecular weight excluding hydrogens is 341 g/mol. The van der Waals surface area contributed by atoms with E-state index in [9.17, 15) is 27.6 Å². The highest BCUT2D eigenvalue weighted by molar-refractivity contribution is 6.33.